The van der Waals surface area contributed by atoms with E-state index in [-0.39, 0.29) is 76.2 Å². The van der Waals surface area contributed by atoms with Crippen molar-refractivity contribution in [2.24, 2.45) is 5.92 Å². The van der Waals surface area contributed by atoms with Gasteiger partial charge >= 0.3 is 18.3 Å². The van der Waals surface area contributed by atoms with E-state index >= 15 is 8.78 Å². The summed E-state index contributed by atoms with van der Waals surface area (Å²) in [5, 5.41) is 12.9. The van der Waals surface area contributed by atoms with Crippen molar-refractivity contribution in [3.05, 3.63) is 40.7 Å². The molecule has 46 heavy (non-hydrogen) atoms. The largest absolute Gasteiger partial charge is 0.462 e. The molecule has 3 aromatic heterocycles. The third-order valence-electron chi connectivity index (χ3n) is 7.87. The maximum atomic E-state index is 16.6. The molecule has 0 bridgehead atoms. The second-order valence-corrected chi connectivity index (χ2v) is 13.2. The number of ether oxygens (including phenoxy) is 3. The number of likely N-dealkylation sites (tertiary alicyclic amines) is 1. The Morgan fingerprint density at radius 3 is 2.61 bits per heavy atom. The number of nitrogens with one attached hydrogen (secondary N) is 1. The average Bonchev–Trinajstić information content (AvgIpc) is 3.69. The zero-order chi connectivity index (χ0) is 33.1. The SMILES string of the molecule is CN1C[C@H](C(F)(F)F)C[C@H]1COc1ncc2c3c(c(-c4ncc(F)c5sc(NC(=O)OC(C)(C)C)c(C#N)c45)c(F)c2n1)COC3. The Kier molecular flexibility index (Phi) is 7.98. The van der Waals surface area contributed by atoms with Crippen LogP contribution in [-0.4, -0.2) is 64.0 Å². The smallest absolute Gasteiger partial charge is 0.412 e. The monoisotopic (exact) mass is 662 g/mol. The molecule has 2 aliphatic heterocycles. The molecule has 2 aliphatic rings. The van der Waals surface area contributed by atoms with E-state index in [1.807, 2.05) is 6.07 Å². The van der Waals surface area contributed by atoms with Gasteiger partial charge in [0.1, 0.15) is 28.8 Å². The van der Waals surface area contributed by atoms with E-state index in [1.54, 1.807) is 32.7 Å². The van der Waals surface area contributed by atoms with Crippen LogP contribution < -0.4 is 10.1 Å². The van der Waals surface area contributed by atoms with Crippen LogP contribution in [0.1, 0.15) is 43.9 Å². The number of nitriles is 1. The highest BCUT2D eigenvalue weighted by atomic mass is 32.1. The van der Waals surface area contributed by atoms with Gasteiger partial charge in [-0.2, -0.15) is 23.4 Å². The fraction of sp³-hybridized carbons (Fsp3) is 0.433. The quantitative estimate of drug-likeness (QED) is 0.233. The van der Waals surface area contributed by atoms with Crippen LogP contribution in [0.5, 0.6) is 6.01 Å². The van der Waals surface area contributed by atoms with Gasteiger partial charge in [0.25, 0.3) is 0 Å². The number of hydrogen-bond acceptors (Lipinski definition) is 10. The normalized spacial score (nSPS) is 18.6. The highest BCUT2D eigenvalue weighted by molar-refractivity contribution is 7.23. The molecular formula is C30H27F5N6O4S. The van der Waals surface area contributed by atoms with Crippen LogP contribution in [0.25, 0.3) is 32.2 Å². The molecule has 1 saturated heterocycles. The Labute approximate surface area is 263 Å². The van der Waals surface area contributed by atoms with Crippen LogP contribution in [0.4, 0.5) is 31.7 Å². The summed E-state index contributed by atoms with van der Waals surface area (Å²) in [4.78, 5) is 26.7. The summed E-state index contributed by atoms with van der Waals surface area (Å²) in [7, 11) is 1.57. The van der Waals surface area contributed by atoms with Crippen LogP contribution in [0, 0.1) is 28.9 Å². The first kappa shape index (κ1) is 31.8. The van der Waals surface area contributed by atoms with Crippen molar-refractivity contribution in [3.8, 4) is 23.3 Å². The van der Waals surface area contributed by atoms with Crippen molar-refractivity contribution < 1.29 is 41.0 Å². The van der Waals surface area contributed by atoms with Crippen molar-refractivity contribution in [1.29, 1.82) is 5.26 Å². The first-order valence-corrected chi connectivity index (χ1v) is 15.0. The maximum Gasteiger partial charge on any atom is 0.412 e. The number of fused-ring (bicyclic) bond motifs is 4. The number of amides is 1. The molecule has 1 fully saturated rings. The summed E-state index contributed by atoms with van der Waals surface area (Å²) in [6.07, 6.45) is -3.09. The summed E-state index contributed by atoms with van der Waals surface area (Å²) in [5.74, 6) is -3.13. The number of carbonyl (C=O) groups excluding carboxylic acids is 1. The number of anilines is 1. The van der Waals surface area contributed by atoms with Gasteiger partial charge in [0, 0.05) is 35.1 Å². The summed E-state index contributed by atoms with van der Waals surface area (Å²) in [5.41, 5.74) is -0.317. The summed E-state index contributed by atoms with van der Waals surface area (Å²) < 4.78 is 88.0. The molecule has 0 saturated carbocycles. The van der Waals surface area contributed by atoms with Crippen LogP contribution in [0.15, 0.2) is 12.4 Å². The minimum atomic E-state index is -4.33. The predicted molar refractivity (Wildman–Crippen MR) is 157 cm³/mol. The topological polar surface area (TPSA) is 122 Å². The summed E-state index contributed by atoms with van der Waals surface area (Å²) in [6.45, 7) is 4.73. The Morgan fingerprint density at radius 2 is 1.93 bits per heavy atom. The molecule has 1 aromatic carbocycles. The van der Waals surface area contributed by atoms with Gasteiger partial charge in [-0.3, -0.25) is 15.2 Å². The Morgan fingerprint density at radius 1 is 1.20 bits per heavy atom. The van der Waals surface area contributed by atoms with Crippen molar-refractivity contribution in [2.45, 2.75) is 58.2 Å². The van der Waals surface area contributed by atoms with Crippen LogP contribution in [-0.2, 0) is 22.7 Å². The summed E-state index contributed by atoms with van der Waals surface area (Å²) in [6, 6.07) is 1.18. The van der Waals surface area contributed by atoms with E-state index in [2.05, 4.69) is 20.3 Å². The molecular weight excluding hydrogens is 635 g/mol. The number of pyridine rings is 1. The number of benzene rings is 1. The molecule has 242 valence electrons. The van der Waals surface area contributed by atoms with Gasteiger partial charge in [-0.1, -0.05) is 0 Å². The van der Waals surface area contributed by atoms with E-state index in [1.165, 1.54) is 6.20 Å². The molecule has 4 aromatic rings. The van der Waals surface area contributed by atoms with Crippen LogP contribution >= 0.6 is 11.3 Å². The number of thiophene rings is 1. The maximum absolute atomic E-state index is 16.6. The molecule has 1 amide bonds. The molecule has 2 atom stereocenters. The number of rotatable bonds is 5. The minimum absolute atomic E-state index is 0.00310. The lowest BCUT2D eigenvalue weighted by Gasteiger charge is -2.19. The zero-order valence-corrected chi connectivity index (χ0v) is 25.8. The fourth-order valence-electron chi connectivity index (χ4n) is 5.75. The Hall–Kier alpha value is -4.20. The van der Waals surface area contributed by atoms with E-state index in [4.69, 9.17) is 14.2 Å². The number of alkyl halides is 3. The van der Waals surface area contributed by atoms with E-state index in [9.17, 15) is 23.2 Å². The van der Waals surface area contributed by atoms with E-state index in [0.29, 0.717) is 16.5 Å². The van der Waals surface area contributed by atoms with Gasteiger partial charge in [0.05, 0.1) is 41.3 Å². The minimum Gasteiger partial charge on any atom is -0.462 e. The molecule has 10 nitrogen and oxygen atoms in total. The second kappa shape index (κ2) is 11.6. The lowest BCUT2D eigenvalue weighted by Crippen LogP contribution is -2.31. The van der Waals surface area contributed by atoms with Gasteiger partial charge in [0.15, 0.2) is 11.6 Å². The number of likely N-dealkylation sites (N-methyl/N-ethyl adjacent to an activating group) is 1. The number of hydrogen-bond donors (Lipinski definition) is 1. The molecule has 0 aliphatic carbocycles. The highest BCUT2D eigenvalue weighted by Gasteiger charge is 2.46. The molecule has 16 heteroatoms. The van der Waals surface area contributed by atoms with E-state index < -0.39 is 41.5 Å². The van der Waals surface area contributed by atoms with Crippen LogP contribution in [0.2, 0.25) is 0 Å². The second-order valence-electron chi connectivity index (χ2n) is 12.1. The first-order chi connectivity index (χ1) is 21.7. The Bertz CT molecular complexity index is 1920. The van der Waals surface area contributed by atoms with Gasteiger partial charge in [0.2, 0.25) is 0 Å². The number of halogens is 5. The third kappa shape index (κ3) is 5.78. The van der Waals surface area contributed by atoms with Crippen LogP contribution in [0.3, 0.4) is 0 Å². The van der Waals surface area contributed by atoms with Crippen molar-refractivity contribution in [3.63, 3.8) is 0 Å². The van der Waals surface area contributed by atoms with Crippen molar-refractivity contribution in [1.82, 2.24) is 19.9 Å². The fourth-order valence-corrected chi connectivity index (χ4v) is 6.79. The Balaban J connectivity index is 1.42. The van der Waals surface area contributed by atoms with Gasteiger partial charge in [-0.15, -0.1) is 11.3 Å². The molecule has 6 rings (SSSR count). The first-order valence-electron chi connectivity index (χ1n) is 14.1. The highest BCUT2D eigenvalue weighted by Crippen LogP contribution is 2.46. The average molecular weight is 663 g/mol. The molecule has 1 N–H and O–H groups in total. The number of aromatic nitrogens is 3. The van der Waals surface area contributed by atoms with Crippen molar-refractivity contribution >= 4 is 43.4 Å². The lowest BCUT2D eigenvalue weighted by atomic mass is 9.94. The van der Waals surface area contributed by atoms with Crippen molar-refractivity contribution in [2.75, 3.05) is 25.5 Å². The number of carbonyl (C=O) groups is 1. The summed E-state index contributed by atoms with van der Waals surface area (Å²) >= 11 is 0.781. The third-order valence-corrected chi connectivity index (χ3v) is 8.98. The van der Waals surface area contributed by atoms with Gasteiger partial charge < -0.3 is 14.2 Å². The van der Waals surface area contributed by atoms with E-state index in [0.717, 1.165) is 17.5 Å². The zero-order valence-electron chi connectivity index (χ0n) is 25.0. The predicted octanol–water partition coefficient (Wildman–Crippen LogP) is 6.69. The molecule has 5 heterocycles. The standard InChI is InChI=1S/C30H27F5N6O4S/c1-29(2,3)45-28(42)40-26-15(6-36)21-24(37-8-19(31)25(21)46-26)20-18-12-43-11-17(18)16-7-38-27(39-23(16)22(20)32)44-10-14-5-13(9-41(14)4)30(33,34)35/h7-8,13-14H,5,9-12H2,1-4H3,(H,40,42)/t13-,14+/m1/s1. The van der Waals surface area contributed by atoms with Gasteiger partial charge in [-0.05, 0) is 45.4 Å². The molecule has 0 unspecified atom stereocenters. The van der Waals surface area contributed by atoms with Gasteiger partial charge in [-0.25, -0.2) is 18.6 Å². The molecule has 0 spiro atoms. The molecule has 0 radical (unpaired) electrons. The number of nitrogens with zero attached hydrogens (tertiary/aromatic N) is 5. The lowest BCUT2D eigenvalue weighted by molar-refractivity contribution is -0.170.